The summed E-state index contributed by atoms with van der Waals surface area (Å²) >= 11 is 0. The predicted molar refractivity (Wildman–Crippen MR) is 101 cm³/mol. The Bertz CT molecular complexity index is 472. The third-order valence-electron chi connectivity index (χ3n) is 4.28. The van der Waals surface area contributed by atoms with E-state index in [-0.39, 0.29) is 11.6 Å². The second kappa shape index (κ2) is 9.13. The molecule has 0 saturated carbocycles. The van der Waals surface area contributed by atoms with Gasteiger partial charge in [-0.15, -0.1) is 0 Å². The molecule has 0 saturated heterocycles. The van der Waals surface area contributed by atoms with Crippen molar-refractivity contribution >= 4 is 7.94 Å². The number of unbranched alkanes of at least 4 members (excludes halogenated alkanes) is 5. The molecule has 0 bridgehead atoms. The van der Waals surface area contributed by atoms with Crippen molar-refractivity contribution in [1.82, 2.24) is 0 Å². The monoisotopic (exact) mass is 342 g/mol. The summed E-state index contributed by atoms with van der Waals surface area (Å²) in [5.74, 6) is 0. The normalized spacial score (nSPS) is 13.3. The van der Waals surface area contributed by atoms with Crippen LogP contribution in [0.3, 0.4) is 0 Å². The molecule has 0 aliphatic carbocycles. The summed E-state index contributed by atoms with van der Waals surface area (Å²) in [6.45, 7) is 8.98. The zero-order valence-corrected chi connectivity index (χ0v) is 16.2. The molecule has 0 radical (unpaired) electrons. The Morgan fingerprint density at radius 1 is 0.870 bits per heavy atom. The SMILES string of the molecule is Cc1ccc(CCCCCCCC[PH](O)(O)O)c(C(C)(C)C)c1. The van der Waals surface area contributed by atoms with Gasteiger partial charge < -0.3 is 0 Å². The van der Waals surface area contributed by atoms with Crippen molar-refractivity contribution in [3.8, 4) is 0 Å². The molecule has 0 aliphatic heterocycles. The maximum absolute atomic E-state index is 8.95. The molecule has 23 heavy (non-hydrogen) atoms. The minimum absolute atomic E-state index is 0.172. The van der Waals surface area contributed by atoms with Crippen molar-refractivity contribution in [3.05, 3.63) is 34.9 Å². The Hall–Kier alpha value is -0.470. The van der Waals surface area contributed by atoms with E-state index in [1.165, 1.54) is 36.0 Å². The molecule has 0 unspecified atom stereocenters. The van der Waals surface area contributed by atoms with Gasteiger partial charge in [0, 0.05) is 0 Å². The van der Waals surface area contributed by atoms with Crippen LogP contribution in [0.15, 0.2) is 18.2 Å². The molecule has 0 atom stereocenters. The van der Waals surface area contributed by atoms with Crippen molar-refractivity contribution in [2.24, 2.45) is 0 Å². The molecule has 0 aromatic heterocycles. The number of rotatable bonds is 9. The second-order valence-corrected chi connectivity index (χ2v) is 9.85. The van der Waals surface area contributed by atoms with E-state index in [1.54, 1.807) is 0 Å². The van der Waals surface area contributed by atoms with Crippen LogP contribution in [0, 0.1) is 6.92 Å². The van der Waals surface area contributed by atoms with E-state index < -0.39 is 7.94 Å². The molecule has 3 N–H and O–H groups in total. The van der Waals surface area contributed by atoms with E-state index in [4.69, 9.17) is 14.7 Å². The molecule has 1 aromatic rings. The van der Waals surface area contributed by atoms with Crippen LogP contribution in [-0.4, -0.2) is 20.8 Å². The van der Waals surface area contributed by atoms with Gasteiger partial charge in [0.2, 0.25) is 0 Å². The van der Waals surface area contributed by atoms with Crippen molar-refractivity contribution in [1.29, 1.82) is 0 Å². The third-order valence-corrected chi connectivity index (χ3v) is 5.31. The summed E-state index contributed by atoms with van der Waals surface area (Å²) < 4.78 is 0. The molecular weight excluding hydrogens is 307 g/mol. The van der Waals surface area contributed by atoms with Gasteiger partial charge >= 0.3 is 135 Å². The van der Waals surface area contributed by atoms with Crippen molar-refractivity contribution in [3.63, 3.8) is 0 Å². The van der Waals surface area contributed by atoms with Crippen LogP contribution in [-0.2, 0) is 11.8 Å². The van der Waals surface area contributed by atoms with Gasteiger partial charge in [-0.05, 0) is 6.92 Å². The molecule has 0 spiro atoms. The van der Waals surface area contributed by atoms with Gasteiger partial charge in [-0.1, -0.05) is 0 Å². The maximum atomic E-state index is 8.95. The van der Waals surface area contributed by atoms with E-state index in [9.17, 15) is 0 Å². The molecule has 4 heteroatoms. The molecule has 1 rings (SSSR count). The van der Waals surface area contributed by atoms with Crippen molar-refractivity contribution in [2.75, 3.05) is 6.16 Å². The molecule has 3 nitrogen and oxygen atoms in total. The Morgan fingerprint density at radius 3 is 2.00 bits per heavy atom. The van der Waals surface area contributed by atoms with Gasteiger partial charge in [0.25, 0.3) is 0 Å². The minimum atomic E-state index is -3.81. The summed E-state index contributed by atoms with van der Waals surface area (Å²) in [5, 5.41) is 0. The summed E-state index contributed by atoms with van der Waals surface area (Å²) in [7, 11) is -3.81. The van der Waals surface area contributed by atoms with E-state index in [0.29, 0.717) is 6.42 Å². The van der Waals surface area contributed by atoms with Crippen LogP contribution in [0.1, 0.15) is 76.0 Å². The fourth-order valence-corrected chi connectivity index (χ4v) is 3.72. The molecule has 0 fully saturated rings. The topological polar surface area (TPSA) is 60.7 Å². The van der Waals surface area contributed by atoms with Crippen LogP contribution in [0.2, 0.25) is 0 Å². The first-order valence-electron chi connectivity index (χ1n) is 8.87. The van der Waals surface area contributed by atoms with Gasteiger partial charge in [-0.25, -0.2) is 0 Å². The van der Waals surface area contributed by atoms with Crippen LogP contribution >= 0.6 is 7.94 Å². The summed E-state index contributed by atoms with van der Waals surface area (Å²) in [4.78, 5) is 26.8. The first-order valence-corrected chi connectivity index (χ1v) is 10.9. The second-order valence-electron chi connectivity index (χ2n) is 7.81. The first kappa shape index (κ1) is 20.6. The van der Waals surface area contributed by atoms with Crippen molar-refractivity contribution < 1.29 is 14.7 Å². The Labute approximate surface area is 142 Å². The van der Waals surface area contributed by atoms with Gasteiger partial charge in [0.1, 0.15) is 0 Å². The van der Waals surface area contributed by atoms with Gasteiger partial charge in [0.15, 0.2) is 0 Å². The zero-order chi connectivity index (χ0) is 17.5. The average Bonchev–Trinajstić information content (AvgIpc) is 2.40. The quantitative estimate of drug-likeness (QED) is 0.452. The summed E-state index contributed by atoms with van der Waals surface area (Å²) in [5.41, 5.74) is 4.46. The third kappa shape index (κ3) is 8.81. The average molecular weight is 342 g/mol. The van der Waals surface area contributed by atoms with E-state index >= 15 is 0 Å². The van der Waals surface area contributed by atoms with E-state index in [2.05, 4.69) is 45.9 Å². The number of hydrogen-bond donors (Lipinski definition) is 3. The number of aryl methyl sites for hydroxylation is 2. The Kier molecular flexibility index (Phi) is 8.17. The van der Waals surface area contributed by atoms with Gasteiger partial charge in [-0.2, -0.15) is 0 Å². The molecule has 134 valence electrons. The number of hydrogen-bond acceptors (Lipinski definition) is 3. The van der Waals surface area contributed by atoms with Crippen LogP contribution in [0.5, 0.6) is 0 Å². The number of benzene rings is 1. The molecule has 0 aliphatic rings. The fraction of sp³-hybridized carbons (Fsp3) is 0.684. The van der Waals surface area contributed by atoms with Gasteiger partial charge in [-0.3, -0.25) is 0 Å². The molecule has 0 amide bonds. The van der Waals surface area contributed by atoms with Crippen LogP contribution < -0.4 is 0 Å². The standard InChI is InChI=1S/C19H35O3P/c1-16-12-13-17(18(15-16)19(2,3)4)11-9-7-5-6-8-10-14-23(20,21)22/h12-13,15,20-23H,5-11,14H2,1-4H3. The predicted octanol–water partition coefficient (Wildman–Crippen LogP) is 4.65. The summed E-state index contributed by atoms with van der Waals surface area (Å²) in [6.07, 6.45) is 7.66. The zero-order valence-electron chi connectivity index (χ0n) is 15.2. The molecule has 1 aromatic carbocycles. The molecular formula is C19H35O3P. The Morgan fingerprint density at radius 2 is 1.43 bits per heavy atom. The fourth-order valence-electron chi connectivity index (χ4n) is 2.99. The first-order chi connectivity index (χ1) is 10.6. The van der Waals surface area contributed by atoms with Crippen molar-refractivity contribution in [2.45, 2.75) is 78.1 Å². The van der Waals surface area contributed by atoms with E-state index in [0.717, 1.165) is 19.3 Å². The molecule has 0 heterocycles. The van der Waals surface area contributed by atoms with E-state index in [1.807, 2.05) is 0 Å². The Balaban J connectivity index is 2.29. The van der Waals surface area contributed by atoms with Gasteiger partial charge in [0.05, 0.1) is 0 Å². The van der Waals surface area contributed by atoms with Crippen LogP contribution in [0.4, 0.5) is 0 Å². The van der Waals surface area contributed by atoms with Crippen LogP contribution in [0.25, 0.3) is 0 Å². The summed E-state index contributed by atoms with van der Waals surface area (Å²) in [6, 6.07) is 6.81.